The number of Topliss-reactive ketones (excluding diaryl/α,β-unsaturated/α-hetero) is 1. The topological polar surface area (TPSA) is 55.1 Å². The van der Waals surface area contributed by atoms with Crippen LogP contribution in [0.15, 0.2) is 53.6 Å². The molecule has 104 valence electrons. The van der Waals surface area contributed by atoms with Crippen LogP contribution < -0.4 is 4.57 Å². The molecule has 1 aromatic carbocycles. The van der Waals surface area contributed by atoms with Crippen LogP contribution in [0.25, 0.3) is 0 Å². The molecule has 0 spiro atoms. The number of carbonyl (C=O) groups is 1. The maximum atomic E-state index is 12.2. The Hall–Kier alpha value is -2.01. The summed E-state index contributed by atoms with van der Waals surface area (Å²) in [5, 5.41) is 0. The lowest BCUT2D eigenvalue weighted by Crippen LogP contribution is -2.40. The van der Waals surface area contributed by atoms with Gasteiger partial charge in [0.2, 0.25) is 12.3 Å². The fraction of sp³-hybridized carbons (Fsp3) is 0.200. The van der Waals surface area contributed by atoms with Crippen molar-refractivity contribution in [2.24, 2.45) is 0 Å². The Morgan fingerprint density at radius 1 is 1.10 bits per heavy atom. The van der Waals surface area contributed by atoms with Crippen LogP contribution in [-0.2, 0) is 16.4 Å². The van der Waals surface area contributed by atoms with Gasteiger partial charge >= 0.3 is 0 Å². The third kappa shape index (κ3) is 3.30. The first-order chi connectivity index (χ1) is 9.38. The van der Waals surface area contributed by atoms with Gasteiger partial charge in [0.1, 0.15) is 0 Å². The molecular weight excluding hydrogens is 274 g/mol. The first-order valence-electron chi connectivity index (χ1n) is 6.16. The molecule has 0 saturated carbocycles. The second-order valence-corrected chi connectivity index (χ2v) is 6.71. The van der Waals surface area contributed by atoms with E-state index in [1.165, 1.54) is 12.1 Å². The van der Waals surface area contributed by atoms with Crippen LogP contribution >= 0.6 is 0 Å². The van der Waals surface area contributed by atoms with Gasteiger partial charge in [0.15, 0.2) is 21.7 Å². The second-order valence-electron chi connectivity index (χ2n) is 4.69. The zero-order valence-corrected chi connectivity index (χ0v) is 12.2. The van der Waals surface area contributed by atoms with Gasteiger partial charge in [0.25, 0.3) is 0 Å². The average Bonchev–Trinajstić information content (AvgIpc) is 2.40. The van der Waals surface area contributed by atoms with Crippen LogP contribution in [0.3, 0.4) is 0 Å². The van der Waals surface area contributed by atoms with E-state index in [0.29, 0.717) is 5.56 Å². The summed E-state index contributed by atoms with van der Waals surface area (Å²) >= 11 is 0. The highest BCUT2D eigenvalue weighted by atomic mass is 32.2. The molecule has 5 heteroatoms. The Labute approximate surface area is 118 Å². The lowest BCUT2D eigenvalue weighted by molar-refractivity contribution is -0.689. The van der Waals surface area contributed by atoms with E-state index in [2.05, 4.69) is 0 Å². The standard InChI is InChI=1S/C15H16NO3S/c1-12-5-3-4-10-16(12)11-15(17)13-6-8-14(9-7-13)20(2,18)19/h3-10H,11H2,1-2H3/q+1. The summed E-state index contributed by atoms with van der Waals surface area (Å²) in [5.41, 5.74) is 1.50. The quantitative estimate of drug-likeness (QED) is 0.634. The van der Waals surface area contributed by atoms with E-state index >= 15 is 0 Å². The van der Waals surface area contributed by atoms with Crippen molar-refractivity contribution in [1.29, 1.82) is 0 Å². The summed E-state index contributed by atoms with van der Waals surface area (Å²) in [6, 6.07) is 11.7. The molecule has 0 aliphatic carbocycles. The van der Waals surface area contributed by atoms with Gasteiger partial charge in [-0.15, -0.1) is 0 Å². The molecule has 0 atom stereocenters. The van der Waals surface area contributed by atoms with Crippen molar-refractivity contribution in [3.05, 3.63) is 59.9 Å². The zero-order chi connectivity index (χ0) is 14.8. The number of sulfone groups is 1. The molecule has 0 saturated heterocycles. The molecule has 0 fully saturated rings. The monoisotopic (exact) mass is 290 g/mol. The van der Waals surface area contributed by atoms with E-state index in [9.17, 15) is 13.2 Å². The highest BCUT2D eigenvalue weighted by molar-refractivity contribution is 7.90. The summed E-state index contributed by atoms with van der Waals surface area (Å²) in [7, 11) is -3.23. The number of pyridine rings is 1. The fourth-order valence-corrected chi connectivity index (χ4v) is 2.50. The minimum absolute atomic E-state index is 0.0515. The van der Waals surface area contributed by atoms with Crippen molar-refractivity contribution in [2.75, 3.05) is 6.26 Å². The Morgan fingerprint density at radius 3 is 2.30 bits per heavy atom. The third-order valence-corrected chi connectivity index (χ3v) is 4.21. The molecule has 0 amide bonds. The predicted molar refractivity (Wildman–Crippen MR) is 75.3 cm³/mol. The highest BCUT2D eigenvalue weighted by Gasteiger charge is 2.15. The second kappa shape index (κ2) is 5.54. The molecule has 20 heavy (non-hydrogen) atoms. The van der Waals surface area contributed by atoms with Gasteiger partial charge in [-0.1, -0.05) is 6.07 Å². The van der Waals surface area contributed by atoms with Gasteiger partial charge in [-0.25, -0.2) is 8.42 Å². The molecule has 0 radical (unpaired) electrons. The van der Waals surface area contributed by atoms with Crippen molar-refractivity contribution in [1.82, 2.24) is 0 Å². The van der Waals surface area contributed by atoms with E-state index < -0.39 is 9.84 Å². The fourth-order valence-electron chi connectivity index (χ4n) is 1.87. The van der Waals surface area contributed by atoms with Crippen LogP contribution in [0.1, 0.15) is 16.1 Å². The minimum Gasteiger partial charge on any atom is -0.287 e. The SMILES string of the molecule is Cc1cccc[n+]1CC(=O)c1ccc(S(C)(=O)=O)cc1. The molecule has 0 unspecified atom stereocenters. The van der Waals surface area contributed by atoms with Crippen molar-refractivity contribution in [3.8, 4) is 0 Å². The Bertz CT molecular complexity index is 734. The number of ketones is 1. The number of hydrogen-bond donors (Lipinski definition) is 0. The number of carbonyl (C=O) groups excluding carboxylic acids is 1. The predicted octanol–water partition coefficient (Wildman–Crippen LogP) is 1.57. The van der Waals surface area contributed by atoms with Crippen LogP contribution in [0, 0.1) is 6.92 Å². The molecule has 0 bridgehead atoms. The smallest absolute Gasteiger partial charge is 0.227 e. The van der Waals surface area contributed by atoms with Gasteiger partial charge in [0, 0.05) is 30.9 Å². The van der Waals surface area contributed by atoms with E-state index in [1.807, 2.05) is 35.9 Å². The van der Waals surface area contributed by atoms with Crippen molar-refractivity contribution in [3.63, 3.8) is 0 Å². The number of benzene rings is 1. The van der Waals surface area contributed by atoms with Crippen molar-refractivity contribution < 1.29 is 17.8 Å². The maximum Gasteiger partial charge on any atom is 0.227 e. The molecule has 0 N–H and O–H groups in total. The largest absolute Gasteiger partial charge is 0.287 e. The number of aryl methyl sites for hydroxylation is 1. The van der Waals surface area contributed by atoms with Crippen LogP contribution in [0.5, 0.6) is 0 Å². The zero-order valence-electron chi connectivity index (χ0n) is 11.4. The van der Waals surface area contributed by atoms with Crippen molar-refractivity contribution >= 4 is 15.6 Å². The van der Waals surface area contributed by atoms with Gasteiger partial charge in [-0.3, -0.25) is 4.79 Å². The number of aromatic nitrogens is 1. The third-order valence-electron chi connectivity index (χ3n) is 3.09. The van der Waals surface area contributed by atoms with Gasteiger partial charge < -0.3 is 0 Å². The summed E-state index contributed by atoms with van der Waals surface area (Å²) in [6.07, 6.45) is 2.99. The molecule has 2 rings (SSSR count). The maximum absolute atomic E-state index is 12.2. The molecule has 2 aromatic rings. The van der Waals surface area contributed by atoms with Gasteiger partial charge in [-0.05, 0) is 24.3 Å². The normalized spacial score (nSPS) is 11.3. The molecule has 1 aromatic heterocycles. The molecule has 0 aliphatic heterocycles. The summed E-state index contributed by atoms with van der Waals surface area (Å²) in [5.74, 6) is -0.0515. The van der Waals surface area contributed by atoms with E-state index in [1.54, 1.807) is 12.1 Å². The summed E-state index contributed by atoms with van der Waals surface area (Å²) in [4.78, 5) is 12.4. The highest BCUT2D eigenvalue weighted by Crippen LogP contribution is 2.10. The Kier molecular flexibility index (Phi) is 3.99. The molecule has 1 heterocycles. The first-order valence-corrected chi connectivity index (χ1v) is 8.05. The van der Waals surface area contributed by atoms with Crippen LogP contribution in [0.2, 0.25) is 0 Å². The van der Waals surface area contributed by atoms with Gasteiger partial charge in [0.05, 0.1) is 4.90 Å². The van der Waals surface area contributed by atoms with Crippen LogP contribution in [-0.4, -0.2) is 20.5 Å². The lowest BCUT2D eigenvalue weighted by Gasteiger charge is -2.02. The average molecular weight is 290 g/mol. The first kappa shape index (κ1) is 14.4. The number of rotatable bonds is 4. The number of nitrogens with zero attached hydrogens (tertiary/aromatic N) is 1. The van der Waals surface area contributed by atoms with E-state index in [-0.39, 0.29) is 17.2 Å². The Morgan fingerprint density at radius 2 is 1.75 bits per heavy atom. The van der Waals surface area contributed by atoms with Crippen LogP contribution in [0.4, 0.5) is 0 Å². The van der Waals surface area contributed by atoms with Crippen molar-refractivity contribution in [2.45, 2.75) is 18.4 Å². The lowest BCUT2D eigenvalue weighted by atomic mass is 10.1. The minimum atomic E-state index is -3.23. The summed E-state index contributed by atoms with van der Waals surface area (Å²) < 4.78 is 24.6. The summed E-state index contributed by atoms with van der Waals surface area (Å²) in [6.45, 7) is 2.17. The number of hydrogen-bond acceptors (Lipinski definition) is 3. The molecule has 0 aliphatic rings. The van der Waals surface area contributed by atoms with Gasteiger partial charge in [-0.2, -0.15) is 4.57 Å². The molecular formula is C15H16NO3S+. The molecule has 4 nitrogen and oxygen atoms in total. The van der Waals surface area contributed by atoms with E-state index in [4.69, 9.17) is 0 Å². The van der Waals surface area contributed by atoms with E-state index in [0.717, 1.165) is 11.9 Å². The Balaban J connectivity index is 2.20.